The van der Waals surface area contributed by atoms with Crippen molar-refractivity contribution in [1.82, 2.24) is 0 Å². The molecule has 2 aliphatic rings. The monoisotopic (exact) mass is 448 g/mol. The summed E-state index contributed by atoms with van der Waals surface area (Å²) in [4.78, 5) is 62.6. The maximum Gasteiger partial charge on any atom is 0.340 e. The van der Waals surface area contributed by atoms with E-state index in [2.05, 4.69) is 0 Å². The van der Waals surface area contributed by atoms with Crippen LogP contribution >= 0.6 is 0 Å². The zero-order chi connectivity index (χ0) is 23.7. The lowest BCUT2D eigenvalue weighted by molar-refractivity contribution is -0.385. The van der Waals surface area contributed by atoms with Crippen molar-refractivity contribution >= 4 is 34.9 Å². The van der Waals surface area contributed by atoms with Crippen LogP contribution in [0, 0.1) is 28.9 Å². The number of carbonyl (C=O) groups is 4. The van der Waals surface area contributed by atoms with Crippen molar-refractivity contribution in [1.29, 1.82) is 0 Å². The molecule has 0 aromatic heterocycles. The van der Waals surface area contributed by atoms with Crippen molar-refractivity contribution in [3.8, 4) is 0 Å². The van der Waals surface area contributed by atoms with Gasteiger partial charge in [-0.25, -0.2) is 9.69 Å². The Morgan fingerprint density at radius 1 is 1.06 bits per heavy atom. The van der Waals surface area contributed by atoms with Gasteiger partial charge in [-0.2, -0.15) is 0 Å². The van der Waals surface area contributed by atoms with Crippen molar-refractivity contribution in [2.24, 2.45) is 11.8 Å². The number of anilines is 1. The van der Waals surface area contributed by atoms with Crippen molar-refractivity contribution in [2.45, 2.75) is 19.8 Å². The SMILES string of the molecule is Cc1ccc(C(=O)COC(=O)c2ccccc2N2C(=O)[C@H]3CC=CC[C@@H]3C2=O)cc1[N+](=O)[O-]. The fourth-order valence-corrected chi connectivity index (χ4v) is 4.15. The number of esters is 1. The molecule has 0 N–H and O–H groups in total. The molecule has 0 unspecified atom stereocenters. The fraction of sp³-hybridized carbons (Fsp3) is 0.250. The first-order chi connectivity index (χ1) is 15.8. The number of ketones is 1. The number of nitro groups is 1. The number of carbonyl (C=O) groups excluding carboxylic acids is 4. The summed E-state index contributed by atoms with van der Waals surface area (Å²) >= 11 is 0. The van der Waals surface area contributed by atoms with Crippen LogP contribution in [0.15, 0.2) is 54.6 Å². The summed E-state index contributed by atoms with van der Waals surface area (Å²) in [5.74, 6) is -3.13. The largest absolute Gasteiger partial charge is 0.454 e. The molecule has 1 saturated heterocycles. The molecule has 1 aliphatic heterocycles. The minimum absolute atomic E-state index is 0.0199. The molecule has 0 bridgehead atoms. The first-order valence-electron chi connectivity index (χ1n) is 10.4. The third kappa shape index (κ3) is 4.05. The summed E-state index contributed by atoms with van der Waals surface area (Å²) in [6, 6.07) is 10.1. The summed E-state index contributed by atoms with van der Waals surface area (Å²) in [5.41, 5.74) is 0.325. The Labute approximate surface area is 188 Å². The summed E-state index contributed by atoms with van der Waals surface area (Å²) < 4.78 is 5.14. The van der Waals surface area contributed by atoms with Crippen LogP contribution < -0.4 is 4.90 Å². The standard InChI is InChI=1S/C24H20N2O7/c1-14-10-11-15(12-20(14)26(31)32)21(27)13-33-24(30)18-8-4-5-9-19(18)25-22(28)16-6-2-3-7-17(16)23(25)29/h2-5,8-12,16-17H,6-7,13H2,1H3/t16-,17-/m0/s1. The Balaban J connectivity index is 1.52. The van der Waals surface area contributed by atoms with Gasteiger partial charge in [0, 0.05) is 17.2 Å². The minimum atomic E-state index is -0.880. The normalized spacial score (nSPS) is 19.4. The minimum Gasteiger partial charge on any atom is -0.454 e. The lowest BCUT2D eigenvalue weighted by Gasteiger charge is -2.18. The number of aryl methyl sites for hydroxylation is 1. The van der Waals surface area contributed by atoms with E-state index in [9.17, 15) is 29.3 Å². The number of benzene rings is 2. The summed E-state index contributed by atoms with van der Waals surface area (Å²) in [5, 5.41) is 11.1. The highest BCUT2D eigenvalue weighted by molar-refractivity contribution is 6.24. The quantitative estimate of drug-likeness (QED) is 0.166. The predicted octanol–water partition coefficient (Wildman–Crippen LogP) is 3.40. The Morgan fingerprint density at radius 3 is 2.33 bits per heavy atom. The molecular weight excluding hydrogens is 428 g/mol. The summed E-state index contributed by atoms with van der Waals surface area (Å²) in [6.45, 7) is 0.904. The number of ether oxygens (including phenoxy) is 1. The molecule has 1 heterocycles. The van der Waals surface area contributed by atoms with Gasteiger partial charge in [-0.3, -0.25) is 24.5 Å². The maximum atomic E-state index is 12.9. The van der Waals surface area contributed by atoms with Crippen molar-refractivity contribution < 1.29 is 28.8 Å². The summed E-state index contributed by atoms with van der Waals surface area (Å²) in [7, 11) is 0. The number of hydrogen-bond donors (Lipinski definition) is 0. The van der Waals surface area contributed by atoms with E-state index in [1.165, 1.54) is 24.3 Å². The van der Waals surface area contributed by atoms with Crippen LogP contribution in [0.25, 0.3) is 0 Å². The highest BCUT2D eigenvalue weighted by Crippen LogP contribution is 2.38. The zero-order valence-corrected chi connectivity index (χ0v) is 17.7. The second-order valence-corrected chi connectivity index (χ2v) is 7.94. The maximum absolute atomic E-state index is 12.9. The van der Waals surface area contributed by atoms with Gasteiger partial charge in [0.2, 0.25) is 17.6 Å². The topological polar surface area (TPSA) is 124 Å². The molecule has 2 atom stereocenters. The third-order valence-electron chi connectivity index (χ3n) is 5.93. The second kappa shape index (κ2) is 8.78. The molecule has 9 heteroatoms. The van der Waals surface area contributed by atoms with Gasteiger partial charge >= 0.3 is 5.97 Å². The van der Waals surface area contributed by atoms with E-state index in [0.717, 1.165) is 11.0 Å². The van der Waals surface area contributed by atoms with Crippen molar-refractivity contribution in [3.63, 3.8) is 0 Å². The molecule has 1 aliphatic carbocycles. The lowest BCUT2D eigenvalue weighted by Crippen LogP contribution is -2.32. The molecule has 2 amide bonds. The molecule has 168 valence electrons. The highest BCUT2D eigenvalue weighted by Gasteiger charge is 2.48. The van der Waals surface area contributed by atoms with E-state index < -0.39 is 35.1 Å². The molecule has 33 heavy (non-hydrogen) atoms. The molecule has 2 aromatic rings. The number of nitrogens with zero attached hydrogens (tertiary/aromatic N) is 2. The van der Waals surface area contributed by atoms with Crippen molar-refractivity contribution in [2.75, 3.05) is 11.5 Å². The average molecular weight is 448 g/mol. The van der Waals surface area contributed by atoms with Gasteiger partial charge in [0.05, 0.1) is 28.0 Å². The van der Waals surface area contributed by atoms with E-state index in [4.69, 9.17) is 4.74 Å². The van der Waals surface area contributed by atoms with Crippen LogP contribution in [-0.4, -0.2) is 35.1 Å². The number of Topliss-reactive ketones (excluding diaryl/α,β-unsaturated/α-hetero) is 1. The predicted molar refractivity (Wildman–Crippen MR) is 117 cm³/mol. The van der Waals surface area contributed by atoms with Crippen LogP contribution in [0.1, 0.15) is 39.1 Å². The molecule has 0 radical (unpaired) electrons. The van der Waals surface area contributed by atoms with Gasteiger partial charge in [0.1, 0.15) is 0 Å². The molecule has 0 spiro atoms. The Kier molecular flexibility index (Phi) is 5.87. The van der Waals surface area contributed by atoms with Gasteiger partial charge < -0.3 is 4.74 Å². The van der Waals surface area contributed by atoms with Crippen LogP contribution in [0.2, 0.25) is 0 Å². The van der Waals surface area contributed by atoms with E-state index in [0.29, 0.717) is 18.4 Å². The van der Waals surface area contributed by atoms with Gasteiger partial charge in [0.15, 0.2) is 6.61 Å². The first-order valence-corrected chi connectivity index (χ1v) is 10.4. The molecule has 0 saturated carbocycles. The average Bonchev–Trinajstić information content (AvgIpc) is 3.07. The number of amides is 2. The van der Waals surface area contributed by atoms with Crippen molar-refractivity contribution in [3.05, 3.63) is 81.4 Å². The number of hydrogen-bond acceptors (Lipinski definition) is 7. The first kappa shape index (κ1) is 22.1. The molecule has 2 aromatic carbocycles. The van der Waals surface area contributed by atoms with E-state index in [1.807, 2.05) is 12.2 Å². The van der Waals surface area contributed by atoms with Crippen LogP contribution in [0.5, 0.6) is 0 Å². The van der Waals surface area contributed by atoms with Gasteiger partial charge in [-0.1, -0.05) is 36.4 Å². The van der Waals surface area contributed by atoms with Crippen LogP contribution in [-0.2, 0) is 14.3 Å². The Hall–Kier alpha value is -4.14. The fourth-order valence-electron chi connectivity index (χ4n) is 4.15. The number of para-hydroxylation sites is 1. The Morgan fingerprint density at radius 2 is 1.70 bits per heavy atom. The van der Waals surface area contributed by atoms with Gasteiger partial charge in [-0.15, -0.1) is 0 Å². The van der Waals surface area contributed by atoms with E-state index in [1.54, 1.807) is 19.1 Å². The number of nitro benzene ring substituents is 1. The number of rotatable bonds is 6. The van der Waals surface area contributed by atoms with E-state index >= 15 is 0 Å². The Bertz CT molecular complexity index is 1190. The molecular formula is C24H20N2O7. The smallest absolute Gasteiger partial charge is 0.340 e. The van der Waals surface area contributed by atoms with Crippen LogP contribution in [0.4, 0.5) is 11.4 Å². The van der Waals surface area contributed by atoms with Crippen LogP contribution in [0.3, 0.4) is 0 Å². The summed E-state index contributed by atoms with van der Waals surface area (Å²) in [6.07, 6.45) is 4.68. The highest BCUT2D eigenvalue weighted by atomic mass is 16.6. The van der Waals surface area contributed by atoms with E-state index in [-0.39, 0.29) is 34.3 Å². The number of allylic oxidation sites excluding steroid dienone is 2. The molecule has 4 rings (SSSR count). The number of imide groups is 1. The zero-order valence-electron chi connectivity index (χ0n) is 17.7. The number of fused-ring (bicyclic) bond motifs is 1. The molecule has 1 fully saturated rings. The van der Waals surface area contributed by atoms with Gasteiger partial charge in [0.25, 0.3) is 5.69 Å². The van der Waals surface area contributed by atoms with Gasteiger partial charge in [-0.05, 0) is 31.9 Å². The molecule has 9 nitrogen and oxygen atoms in total. The lowest BCUT2D eigenvalue weighted by atomic mass is 9.85. The third-order valence-corrected chi connectivity index (χ3v) is 5.93. The second-order valence-electron chi connectivity index (χ2n) is 7.94.